The summed E-state index contributed by atoms with van der Waals surface area (Å²) in [5, 5.41) is 9.55. The number of hydrogen-bond acceptors (Lipinski definition) is 4. The van der Waals surface area contributed by atoms with Gasteiger partial charge in [-0.05, 0) is 60.4 Å². The van der Waals surface area contributed by atoms with E-state index >= 15 is 0 Å². The van der Waals surface area contributed by atoms with Crippen LogP contribution in [0.15, 0.2) is 68.6 Å². The van der Waals surface area contributed by atoms with Gasteiger partial charge >= 0.3 is 23.6 Å². The lowest BCUT2D eigenvalue weighted by Crippen LogP contribution is -2.26. The number of fused-ring (bicyclic) bond motifs is 3. The first kappa shape index (κ1) is 22.9. The molecule has 0 radical (unpaired) electrons. The molecule has 1 aliphatic rings. The van der Waals surface area contributed by atoms with Crippen LogP contribution in [0.25, 0.3) is 27.8 Å². The average molecular weight is 509 g/mol. The summed E-state index contributed by atoms with van der Waals surface area (Å²) in [4.78, 5) is 37.6. The molecule has 2 aromatic heterocycles. The number of oxazole rings is 1. The van der Waals surface area contributed by atoms with Crippen molar-refractivity contribution in [3.8, 4) is 5.69 Å². The fraction of sp³-hybridized carbons (Fsp3) is 0.192. The first-order chi connectivity index (χ1) is 17.6. The van der Waals surface area contributed by atoms with Gasteiger partial charge in [-0.25, -0.2) is 14.4 Å². The van der Waals surface area contributed by atoms with Gasteiger partial charge in [0, 0.05) is 13.1 Å². The number of aromatic carboxylic acids is 1. The number of carboxylic acid groups (broad SMARTS) is 1. The Morgan fingerprint density at radius 3 is 2.51 bits per heavy atom. The molecule has 1 atom stereocenters. The SMILES string of the molecule is Cn1c(=O)oc2cc(-n3c(=O)n(C4CCc5c4cccc5C(F)(F)F)c4ccc(C(=O)O)cc43)ccc21. The van der Waals surface area contributed by atoms with Crippen molar-refractivity contribution in [1.82, 2.24) is 13.7 Å². The van der Waals surface area contributed by atoms with E-state index in [2.05, 4.69) is 0 Å². The number of carboxylic acids is 1. The Labute approximate surface area is 205 Å². The number of benzene rings is 3. The molecule has 188 valence electrons. The predicted molar refractivity (Wildman–Crippen MR) is 127 cm³/mol. The number of nitrogens with zero attached hydrogens (tertiary/aromatic N) is 3. The number of aromatic nitrogens is 3. The molecule has 0 amide bonds. The highest BCUT2D eigenvalue weighted by Gasteiger charge is 2.38. The monoisotopic (exact) mass is 509 g/mol. The third-order valence-corrected chi connectivity index (χ3v) is 7.01. The van der Waals surface area contributed by atoms with Crippen LogP contribution in [0.5, 0.6) is 0 Å². The number of aryl methyl sites for hydroxylation is 1. The van der Waals surface area contributed by atoms with Crippen molar-refractivity contribution in [3.05, 3.63) is 97.9 Å². The van der Waals surface area contributed by atoms with Crippen molar-refractivity contribution in [1.29, 1.82) is 0 Å². The van der Waals surface area contributed by atoms with Crippen LogP contribution < -0.4 is 11.4 Å². The van der Waals surface area contributed by atoms with Gasteiger partial charge in [-0.3, -0.25) is 13.7 Å². The smallest absolute Gasteiger partial charge is 0.419 e. The molecule has 6 rings (SSSR count). The number of alkyl halides is 3. The van der Waals surface area contributed by atoms with Crippen molar-refractivity contribution < 1.29 is 27.5 Å². The molecular weight excluding hydrogens is 491 g/mol. The fourth-order valence-electron chi connectivity index (χ4n) is 5.33. The van der Waals surface area contributed by atoms with Crippen molar-refractivity contribution in [2.75, 3.05) is 0 Å². The van der Waals surface area contributed by atoms with Crippen LogP contribution in [-0.4, -0.2) is 24.8 Å². The summed E-state index contributed by atoms with van der Waals surface area (Å²) < 4.78 is 50.2. The van der Waals surface area contributed by atoms with Crippen molar-refractivity contribution in [2.24, 2.45) is 7.05 Å². The maximum absolute atomic E-state index is 13.9. The maximum atomic E-state index is 13.9. The molecule has 2 heterocycles. The third-order valence-electron chi connectivity index (χ3n) is 7.01. The van der Waals surface area contributed by atoms with E-state index in [9.17, 15) is 32.7 Å². The van der Waals surface area contributed by atoms with Gasteiger partial charge in [-0.2, -0.15) is 13.2 Å². The minimum Gasteiger partial charge on any atom is -0.478 e. The van der Waals surface area contributed by atoms with Gasteiger partial charge in [0.15, 0.2) is 5.58 Å². The molecule has 3 aromatic carbocycles. The second-order valence-electron chi connectivity index (χ2n) is 9.00. The second kappa shape index (κ2) is 7.73. The van der Waals surface area contributed by atoms with E-state index in [4.69, 9.17) is 4.42 Å². The van der Waals surface area contributed by atoms with E-state index in [0.29, 0.717) is 22.3 Å². The molecule has 1 N–H and O–H groups in total. The van der Waals surface area contributed by atoms with Crippen LogP contribution in [-0.2, 0) is 19.6 Å². The summed E-state index contributed by atoms with van der Waals surface area (Å²) in [7, 11) is 1.54. The van der Waals surface area contributed by atoms with Crippen LogP contribution >= 0.6 is 0 Å². The Bertz CT molecular complexity index is 1870. The second-order valence-corrected chi connectivity index (χ2v) is 9.00. The van der Waals surface area contributed by atoms with Crippen LogP contribution in [0.1, 0.15) is 39.5 Å². The highest BCUT2D eigenvalue weighted by atomic mass is 19.4. The number of halogens is 3. The first-order valence-corrected chi connectivity index (χ1v) is 11.4. The molecule has 0 bridgehead atoms. The molecule has 5 aromatic rings. The minimum absolute atomic E-state index is 0.0584. The molecule has 1 unspecified atom stereocenters. The predicted octanol–water partition coefficient (Wildman–Crippen LogP) is 4.49. The lowest BCUT2D eigenvalue weighted by molar-refractivity contribution is -0.138. The number of rotatable bonds is 3. The van der Waals surface area contributed by atoms with E-state index in [0.717, 1.165) is 6.07 Å². The Morgan fingerprint density at radius 1 is 1.03 bits per heavy atom. The molecule has 37 heavy (non-hydrogen) atoms. The number of imidazole rings is 1. The highest BCUT2D eigenvalue weighted by Crippen LogP contribution is 2.42. The zero-order valence-electron chi connectivity index (χ0n) is 19.2. The van der Waals surface area contributed by atoms with Crippen LogP contribution in [0, 0.1) is 0 Å². The average Bonchev–Trinajstić information content (AvgIpc) is 3.48. The Kier molecular flexibility index (Phi) is 4.78. The molecule has 0 aliphatic heterocycles. The fourth-order valence-corrected chi connectivity index (χ4v) is 5.33. The van der Waals surface area contributed by atoms with Gasteiger partial charge in [0.05, 0.1) is 39.4 Å². The van der Waals surface area contributed by atoms with E-state index in [1.165, 1.54) is 51.1 Å². The molecule has 8 nitrogen and oxygen atoms in total. The number of hydrogen-bond donors (Lipinski definition) is 1. The van der Waals surface area contributed by atoms with Gasteiger partial charge in [-0.15, -0.1) is 0 Å². The van der Waals surface area contributed by atoms with Crippen LogP contribution in [0.4, 0.5) is 13.2 Å². The van der Waals surface area contributed by atoms with Gasteiger partial charge in [0.2, 0.25) is 0 Å². The highest BCUT2D eigenvalue weighted by molar-refractivity contribution is 5.93. The quantitative estimate of drug-likeness (QED) is 0.387. The Hall–Kier alpha value is -4.54. The molecule has 11 heteroatoms. The largest absolute Gasteiger partial charge is 0.478 e. The lowest BCUT2D eigenvalue weighted by atomic mass is 10.0. The van der Waals surface area contributed by atoms with Gasteiger partial charge < -0.3 is 9.52 Å². The molecule has 0 saturated carbocycles. The third kappa shape index (κ3) is 3.34. The summed E-state index contributed by atoms with van der Waals surface area (Å²) in [6.07, 6.45) is -4.11. The molecule has 1 aliphatic carbocycles. The van der Waals surface area contributed by atoms with E-state index in [1.54, 1.807) is 18.2 Å². The van der Waals surface area contributed by atoms with Gasteiger partial charge in [-0.1, -0.05) is 12.1 Å². The summed E-state index contributed by atoms with van der Waals surface area (Å²) in [6.45, 7) is 0. The molecule has 0 spiro atoms. The minimum atomic E-state index is -4.52. The standard InChI is InChI=1S/C26H18F3N3O5/c1-30-20-9-6-14(12-22(20)37-25(30)36)31-21-11-13(23(33)34)5-8-19(21)32(24(31)35)18-10-7-15-16(18)3-2-4-17(15)26(27,28)29/h2-6,8-9,11-12,18H,7,10H2,1H3,(H,33,34). The zero-order chi connectivity index (χ0) is 26.2. The normalized spacial score (nSPS) is 15.5. The van der Waals surface area contributed by atoms with Crippen molar-refractivity contribution in [3.63, 3.8) is 0 Å². The Balaban J connectivity index is 1.63. The summed E-state index contributed by atoms with van der Waals surface area (Å²) >= 11 is 0. The zero-order valence-corrected chi connectivity index (χ0v) is 19.2. The van der Waals surface area contributed by atoms with Crippen molar-refractivity contribution in [2.45, 2.75) is 25.1 Å². The van der Waals surface area contributed by atoms with E-state index in [1.807, 2.05) is 0 Å². The maximum Gasteiger partial charge on any atom is 0.419 e. The van der Waals surface area contributed by atoms with E-state index in [-0.39, 0.29) is 35.1 Å². The lowest BCUT2D eigenvalue weighted by Gasteiger charge is -2.16. The molecule has 0 saturated heterocycles. The molecular formula is C26H18F3N3O5. The van der Waals surface area contributed by atoms with Crippen LogP contribution in [0.3, 0.4) is 0 Å². The first-order valence-electron chi connectivity index (χ1n) is 11.4. The summed E-state index contributed by atoms with van der Waals surface area (Å²) in [5.41, 5.74) is 0.923. The van der Waals surface area contributed by atoms with Gasteiger partial charge in [0.25, 0.3) is 0 Å². The van der Waals surface area contributed by atoms with Crippen molar-refractivity contribution >= 4 is 28.1 Å². The Morgan fingerprint density at radius 2 is 1.78 bits per heavy atom. The summed E-state index contributed by atoms with van der Waals surface area (Å²) in [5.74, 6) is -1.78. The van der Waals surface area contributed by atoms with Gasteiger partial charge in [0.1, 0.15) is 0 Å². The van der Waals surface area contributed by atoms with Crippen LogP contribution in [0.2, 0.25) is 0 Å². The molecule has 0 fully saturated rings. The van der Waals surface area contributed by atoms with E-state index < -0.39 is 35.2 Å². The number of carbonyl (C=O) groups is 1. The topological polar surface area (TPSA) is 99.4 Å². The summed E-state index contributed by atoms with van der Waals surface area (Å²) in [6, 6.07) is 12.2.